The summed E-state index contributed by atoms with van der Waals surface area (Å²) in [5.74, 6) is -2.26. The molecule has 1 fully saturated rings. The maximum Gasteiger partial charge on any atom is 0.391 e. The van der Waals surface area contributed by atoms with Gasteiger partial charge in [-0.25, -0.2) is 0 Å². The Balaban J connectivity index is 2.72. The third-order valence-corrected chi connectivity index (χ3v) is 4.11. The van der Waals surface area contributed by atoms with Crippen molar-refractivity contribution in [3.8, 4) is 0 Å². The molecule has 3 nitrogen and oxygen atoms in total. The lowest BCUT2D eigenvalue weighted by Gasteiger charge is -2.38. The normalized spacial score (nSPS) is 25.2. The highest BCUT2D eigenvalue weighted by atomic mass is 19.4. The first-order valence-corrected chi connectivity index (χ1v) is 6.55. The van der Waals surface area contributed by atoms with E-state index in [1.165, 1.54) is 11.9 Å². The summed E-state index contributed by atoms with van der Waals surface area (Å²) in [5, 5.41) is 9.22. The second kappa shape index (κ2) is 5.69. The molecule has 112 valence electrons. The maximum absolute atomic E-state index is 12.7. The van der Waals surface area contributed by atoms with Gasteiger partial charge in [-0.05, 0) is 33.1 Å². The van der Waals surface area contributed by atoms with Gasteiger partial charge in [0.05, 0.1) is 18.1 Å². The quantitative estimate of drug-likeness (QED) is 0.863. The Morgan fingerprint density at radius 3 is 2.37 bits per heavy atom. The third kappa shape index (κ3) is 3.84. The molecule has 0 aromatic heterocycles. The Bertz CT molecular complexity index is 328. The average molecular weight is 281 g/mol. The number of carbonyl (C=O) groups excluding carboxylic acids is 1. The Morgan fingerprint density at radius 2 is 1.89 bits per heavy atom. The lowest BCUT2D eigenvalue weighted by Crippen LogP contribution is -2.50. The molecule has 1 N–H and O–H groups in total. The van der Waals surface area contributed by atoms with Crippen LogP contribution in [-0.2, 0) is 4.79 Å². The number of hydrogen-bond acceptors (Lipinski definition) is 2. The molecule has 1 aliphatic rings. The fourth-order valence-corrected chi connectivity index (χ4v) is 2.39. The molecule has 6 heteroatoms. The van der Waals surface area contributed by atoms with Gasteiger partial charge in [-0.3, -0.25) is 4.79 Å². The van der Waals surface area contributed by atoms with Crippen molar-refractivity contribution in [2.75, 3.05) is 13.7 Å². The fourth-order valence-electron chi connectivity index (χ4n) is 2.39. The SMILES string of the molecule is CN(C(=O)C1CCCC(C(F)(F)F)C1)C(C)(C)CO. The van der Waals surface area contributed by atoms with Crippen LogP contribution in [0.5, 0.6) is 0 Å². The lowest BCUT2D eigenvalue weighted by molar-refractivity contribution is -0.187. The summed E-state index contributed by atoms with van der Waals surface area (Å²) in [7, 11) is 1.54. The van der Waals surface area contributed by atoms with Gasteiger partial charge in [-0.1, -0.05) is 6.42 Å². The highest BCUT2D eigenvalue weighted by Crippen LogP contribution is 2.40. The average Bonchev–Trinajstić information content (AvgIpc) is 2.36. The standard InChI is InChI=1S/C13H22F3NO2/c1-12(2,8-18)17(3)11(19)9-5-4-6-10(7-9)13(14,15)16/h9-10,18H,4-8H2,1-3H3. The Hall–Kier alpha value is -0.780. The molecule has 2 unspecified atom stereocenters. The molecule has 0 aliphatic heterocycles. The van der Waals surface area contributed by atoms with Gasteiger partial charge in [0.2, 0.25) is 5.91 Å². The molecule has 0 radical (unpaired) electrons. The number of aliphatic hydroxyl groups excluding tert-OH is 1. The van der Waals surface area contributed by atoms with Crippen LogP contribution in [0.1, 0.15) is 39.5 Å². The minimum atomic E-state index is -4.22. The summed E-state index contributed by atoms with van der Waals surface area (Å²) < 4.78 is 38.1. The number of alkyl halides is 3. The van der Waals surface area contributed by atoms with E-state index < -0.39 is 23.6 Å². The van der Waals surface area contributed by atoms with Crippen LogP contribution in [0.15, 0.2) is 0 Å². The zero-order chi connectivity index (χ0) is 14.8. The molecule has 0 bridgehead atoms. The van der Waals surface area contributed by atoms with E-state index in [0.717, 1.165) is 0 Å². The number of amides is 1. The number of rotatable bonds is 3. The zero-order valence-electron chi connectivity index (χ0n) is 11.6. The topological polar surface area (TPSA) is 40.5 Å². The van der Waals surface area contributed by atoms with Crippen molar-refractivity contribution in [3.05, 3.63) is 0 Å². The zero-order valence-corrected chi connectivity index (χ0v) is 11.6. The third-order valence-electron chi connectivity index (χ3n) is 4.11. The van der Waals surface area contributed by atoms with Gasteiger partial charge >= 0.3 is 6.18 Å². The lowest BCUT2D eigenvalue weighted by atomic mass is 9.80. The first kappa shape index (κ1) is 16.3. The predicted octanol–water partition coefficient (Wildman–Crippen LogP) is 2.58. The molecule has 0 aromatic carbocycles. The van der Waals surface area contributed by atoms with Crippen molar-refractivity contribution in [3.63, 3.8) is 0 Å². The first-order valence-electron chi connectivity index (χ1n) is 6.55. The van der Waals surface area contributed by atoms with Crippen molar-refractivity contribution < 1.29 is 23.1 Å². The van der Waals surface area contributed by atoms with Crippen molar-refractivity contribution in [2.45, 2.75) is 51.2 Å². The molecule has 0 saturated heterocycles. The maximum atomic E-state index is 12.7. The van der Waals surface area contributed by atoms with Crippen LogP contribution in [0.4, 0.5) is 13.2 Å². The summed E-state index contributed by atoms with van der Waals surface area (Å²) >= 11 is 0. The summed E-state index contributed by atoms with van der Waals surface area (Å²) in [4.78, 5) is 13.6. The van der Waals surface area contributed by atoms with E-state index >= 15 is 0 Å². The molecule has 1 amide bonds. The predicted molar refractivity (Wildman–Crippen MR) is 65.4 cm³/mol. The van der Waals surface area contributed by atoms with Crippen LogP contribution in [0.2, 0.25) is 0 Å². The summed E-state index contributed by atoms with van der Waals surface area (Å²) in [6.07, 6.45) is -3.32. The Morgan fingerprint density at radius 1 is 1.32 bits per heavy atom. The van der Waals surface area contributed by atoms with Crippen molar-refractivity contribution in [2.24, 2.45) is 11.8 Å². The van der Waals surface area contributed by atoms with Crippen molar-refractivity contribution in [1.29, 1.82) is 0 Å². The Labute approximate surface area is 111 Å². The van der Waals surface area contributed by atoms with E-state index in [1.807, 2.05) is 0 Å². The molecule has 19 heavy (non-hydrogen) atoms. The number of hydrogen-bond donors (Lipinski definition) is 1. The second-order valence-corrected chi connectivity index (χ2v) is 5.97. The highest BCUT2D eigenvalue weighted by Gasteiger charge is 2.44. The van der Waals surface area contributed by atoms with Gasteiger partial charge in [-0.15, -0.1) is 0 Å². The first-order chi connectivity index (χ1) is 8.59. The molecular weight excluding hydrogens is 259 g/mol. The number of carbonyl (C=O) groups is 1. The summed E-state index contributed by atoms with van der Waals surface area (Å²) in [5.41, 5.74) is -0.748. The molecule has 1 saturated carbocycles. The van der Waals surface area contributed by atoms with E-state index in [1.54, 1.807) is 13.8 Å². The van der Waals surface area contributed by atoms with E-state index in [9.17, 15) is 23.1 Å². The van der Waals surface area contributed by atoms with Crippen LogP contribution in [0.3, 0.4) is 0 Å². The summed E-state index contributed by atoms with van der Waals surface area (Å²) in [6.45, 7) is 3.16. The molecule has 0 aromatic rings. The van der Waals surface area contributed by atoms with E-state index in [4.69, 9.17) is 0 Å². The van der Waals surface area contributed by atoms with E-state index in [0.29, 0.717) is 12.8 Å². The minimum Gasteiger partial charge on any atom is -0.394 e. The number of likely N-dealkylation sites (N-methyl/N-ethyl adjacent to an activating group) is 1. The monoisotopic (exact) mass is 281 g/mol. The molecular formula is C13H22F3NO2. The molecule has 1 rings (SSSR count). The van der Waals surface area contributed by atoms with E-state index in [2.05, 4.69) is 0 Å². The smallest absolute Gasteiger partial charge is 0.391 e. The number of nitrogens with zero attached hydrogens (tertiary/aromatic N) is 1. The second-order valence-electron chi connectivity index (χ2n) is 5.97. The van der Waals surface area contributed by atoms with Gasteiger partial charge in [0.1, 0.15) is 0 Å². The molecule has 1 aliphatic carbocycles. The van der Waals surface area contributed by atoms with Crippen LogP contribution >= 0.6 is 0 Å². The number of halogens is 3. The number of aliphatic hydroxyl groups is 1. The van der Waals surface area contributed by atoms with Crippen molar-refractivity contribution >= 4 is 5.91 Å². The van der Waals surface area contributed by atoms with Crippen molar-refractivity contribution in [1.82, 2.24) is 4.90 Å². The minimum absolute atomic E-state index is 0.111. The fraction of sp³-hybridized carbons (Fsp3) is 0.923. The molecule has 0 spiro atoms. The van der Waals surface area contributed by atoms with Gasteiger partial charge in [0, 0.05) is 13.0 Å². The molecule has 0 heterocycles. The Kier molecular flexibility index (Phi) is 4.87. The largest absolute Gasteiger partial charge is 0.394 e. The van der Waals surface area contributed by atoms with Gasteiger partial charge < -0.3 is 10.0 Å². The van der Waals surface area contributed by atoms with Gasteiger partial charge in [0.15, 0.2) is 0 Å². The van der Waals surface area contributed by atoms with Crippen LogP contribution in [0, 0.1) is 11.8 Å². The van der Waals surface area contributed by atoms with Crippen LogP contribution in [-0.4, -0.2) is 41.3 Å². The molecule has 2 atom stereocenters. The van der Waals surface area contributed by atoms with Crippen LogP contribution < -0.4 is 0 Å². The van der Waals surface area contributed by atoms with Gasteiger partial charge in [-0.2, -0.15) is 13.2 Å². The summed E-state index contributed by atoms with van der Waals surface area (Å²) in [6, 6.07) is 0. The van der Waals surface area contributed by atoms with E-state index in [-0.39, 0.29) is 25.4 Å². The highest BCUT2D eigenvalue weighted by molar-refractivity contribution is 5.79. The van der Waals surface area contributed by atoms with Gasteiger partial charge in [0.25, 0.3) is 0 Å². The van der Waals surface area contributed by atoms with Crippen LogP contribution in [0.25, 0.3) is 0 Å².